The Morgan fingerprint density at radius 3 is 2.62 bits per heavy atom. The predicted octanol–water partition coefficient (Wildman–Crippen LogP) is 3.56. The Morgan fingerprint density at radius 2 is 1.96 bits per heavy atom. The quantitative estimate of drug-likeness (QED) is 0.761. The highest BCUT2D eigenvalue weighted by molar-refractivity contribution is 5.97. The lowest BCUT2D eigenvalue weighted by atomic mass is 9.89. The van der Waals surface area contributed by atoms with Crippen molar-refractivity contribution in [3.05, 3.63) is 72.2 Å². The average Bonchev–Trinajstić information content (AvgIpc) is 2.63. The smallest absolute Gasteiger partial charge is 0.166 e. The molecule has 2 aromatic rings. The van der Waals surface area contributed by atoms with Crippen molar-refractivity contribution < 1.29 is 9.18 Å². The highest BCUT2D eigenvalue weighted by Gasteiger charge is 2.25. The molecule has 1 aliphatic rings. The summed E-state index contributed by atoms with van der Waals surface area (Å²) in [4.78, 5) is 19.0. The first-order valence-electron chi connectivity index (χ1n) is 8.45. The zero-order valence-electron chi connectivity index (χ0n) is 13.7. The van der Waals surface area contributed by atoms with Crippen molar-refractivity contribution in [1.82, 2.24) is 9.88 Å². The van der Waals surface area contributed by atoms with Crippen LogP contribution in [0.15, 0.2) is 48.8 Å². The van der Waals surface area contributed by atoms with E-state index < -0.39 is 0 Å². The van der Waals surface area contributed by atoms with Crippen LogP contribution in [-0.2, 0) is 6.42 Å². The van der Waals surface area contributed by atoms with Crippen molar-refractivity contribution in [2.75, 3.05) is 19.6 Å². The second kappa shape index (κ2) is 8.15. The largest absolute Gasteiger partial charge is 0.303 e. The SMILES string of the molecule is O=C(c1ccc(F)cc1)C1CCN(C[CH]Cc2cccnc2)CC1. The second-order valence-corrected chi connectivity index (χ2v) is 6.30. The number of hydrogen-bond donors (Lipinski definition) is 0. The molecule has 1 saturated heterocycles. The van der Waals surface area contributed by atoms with Crippen molar-refractivity contribution in [1.29, 1.82) is 0 Å². The Hall–Kier alpha value is -2.07. The predicted molar refractivity (Wildman–Crippen MR) is 92.1 cm³/mol. The maximum atomic E-state index is 13.0. The molecule has 0 amide bonds. The molecule has 1 aromatic heterocycles. The van der Waals surface area contributed by atoms with Crippen molar-refractivity contribution in [2.45, 2.75) is 19.3 Å². The Kier molecular flexibility index (Phi) is 5.70. The number of rotatable bonds is 6. The van der Waals surface area contributed by atoms with Gasteiger partial charge >= 0.3 is 0 Å². The van der Waals surface area contributed by atoms with E-state index in [2.05, 4.69) is 22.4 Å². The molecule has 125 valence electrons. The van der Waals surface area contributed by atoms with Gasteiger partial charge in [-0.25, -0.2) is 4.39 Å². The van der Waals surface area contributed by atoms with Crippen molar-refractivity contribution in [3.63, 3.8) is 0 Å². The maximum Gasteiger partial charge on any atom is 0.166 e. The summed E-state index contributed by atoms with van der Waals surface area (Å²) < 4.78 is 13.0. The van der Waals surface area contributed by atoms with Crippen LogP contribution in [0.2, 0.25) is 0 Å². The lowest BCUT2D eigenvalue weighted by Gasteiger charge is -2.31. The van der Waals surface area contributed by atoms with E-state index in [4.69, 9.17) is 0 Å². The van der Waals surface area contributed by atoms with Gasteiger partial charge in [0, 0.05) is 30.4 Å². The van der Waals surface area contributed by atoms with Crippen molar-refractivity contribution >= 4 is 5.78 Å². The zero-order chi connectivity index (χ0) is 16.8. The van der Waals surface area contributed by atoms with Crippen molar-refractivity contribution in [2.24, 2.45) is 5.92 Å². The van der Waals surface area contributed by atoms with Gasteiger partial charge in [-0.2, -0.15) is 0 Å². The number of hydrogen-bond acceptors (Lipinski definition) is 3. The number of carbonyl (C=O) groups is 1. The van der Waals surface area contributed by atoms with Crippen LogP contribution in [0.5, 0.6) is 0 Å². The zero-order valence-corrected chi connectivity index (χ0v) is 13.7. The average molecular weight is 325 g/mol. The molecule has 1 fully saturated rings. The summed E-state index contributed by atoms with van der Waals surface area (Å²) in [5.41, 5.74) is 1.84. The fraction of sp³-hybridized carbons (Fsp3) is 0.350. The van der Waals surface area contributed by atoms with Crippen LogP contribution >= 0.6 is 0 Å². The number of likely N-dealkylation sites (tertiary alicyclic amines) is 1. The van der Waals surface area contributed by atoms with Gasteiger partial charge in [-0.3, -0.25) is 9.78 Å². The van der Waals surface area contributed by atoms with Crippen LogP contribution in [0, 0.1) is 18.2 Å². The van der Waals surface area contributed by atoms with Crippen LogP contribution in [0.4, 0.5) is 4.39 Å². The second-order valence-electron chi connectivity index (χ2n) is 6.30. The van der Waals surface area contributed by atoms with Gasteiger partial charge in [0.05, 0.1) is 0 Å². The van der Waals surface area contributed by atoms with Gasteiger partial charge in [0.2, 0.25) is 0 Å². The molecule has 0 spiro atoms. The standard InChI is InChI=1S/C20H22FN2O/c21-19-7-5-17(6-8-19)20(24)18-9-13-23(14-10-18)12-2-4-16-3-1-11-22-15-16/h1-3,5-8,11,15,18H,4,9-10,12-14H2. The summed E-state index contributed by atoms with van der Waals surface area (Å²) in [6, 6.07) is 9.93. The first-order valence-corrected chi connectivity index (χ1v) is 8.45. The van der Waals surface area contributed by atoms with E-state index >= 15 is 0 Å². The molecule has 1 aliphatic heterocycles. The summed E-state index contributed by atoms with van der Waals surface area (Å²) in [5.74, 6) is -0.0930. The molecule has 2 heterocycles. The van der Waals surface area contributed by atoms with Gasteiger partial charge in [0.25, 0.3) is 0 Å². The minimum Gasteiger partial charge on any atom is -0.303 e. The molecule has 0 N–H and O–H groups in total. The number of piperidine rings is 1. The van der Waals surface area contributed by atoms with Crippen LogP contribution in [-0.4, -0.2) is 35.3 Å². The summed E-state index contributed by atoms with van der Waals surface area (Å²) >= 11 is 0. The number of nitrogens with zero attached hydrogens (tertiary/aromatic N) is 2. The monoisotopic (exact) mass is 325 g/mol. The van der Waals surface area contributed by atoms with Crippen LogP contribution in [0.25, 0.3) is 0 Å². The van der Waals surface area contributed by atoms with E-state index in [1.54, 1.807) is 18.3 Å². The Balaban J connectivity index is 1.42. The highest BCUT2D eigenvalue weighted by atomic mass is 19.1. The Morgan fingerprint density at radius 1 is 1.21 bits per heavy atom. The molecule has 0 atom stereocenters. The number of halogens is 1. The molecule has 1 radical (unpaired) electrons. The summed E-state index contributed by atoms with van der Waals surface area (Å²) in [6.45, 7) is 2.80. The molecular weight excluding hydrogens is 303 g/mol. The number of carbonyl (C=O) groups excluding carboxylic acids is 1. The van der Waals surface area contributed by atoms with Crippen molar-refractivity contribution in [3.8, 4) is 0 Å². The summed E-state index contributed by atoms with van der Waals surface area (Å²) in [5, 5.41) is 0. The number of pyridine rings is 1. The molecule has 3 rings (SSSR count). The topological polar surface area (TPSA) is 33.2 Å². The Bertz CT molecular complexity index is 649. The van der Waals surface area contributed by atoms with E-state index in [-0.39, 0.29) is 17.5 Å². The van der Waals surface area contributed by atoms with E-state index in [1.807, 2.05) is 12.3 Å². The normalized spacial score (nSPS) is 16.2. The molecule has 0 unspecified atom stereocenters. The Labute approximate surface area is 142 Å². The third-order valence-electron chi connectivity index (χ3n) is 4.58. The van der Waals surface area contributed by atoms with Crippen LogP contribution < -0.4 is 0 Å². The molecule has 24 heavy (non-hydrogen) atoms. The lowest BCUT2D eigenvalue weighted by Crippen LogP contribution is -2.37. The van der Waals surface area contributed by atoms with Gasteiger partial charge in [0.15, 0.2) is 5.78 Å². The summed E-state index contributed by atoms with van der Waals surface area (Å²) in [6.07, 6.45) is 8.60. The third-order valence-corrected chi connectivity index (χ3v) is 4.58. The molecule has 0 saturated carbocycles. The first-order chi connectivity index (χ1) is 11.7. The first kappa shape index (κ1) is 16.8. The maximum absolute atomic E-state index is 13.0. The molecule has 4 heteroatoms. The van der Waals surface area contributed by atoms with Gasteiger partial charge in [-0.05, 0) is 74.7 Å². The van der Waals surface area contributed by atoms with Gasteiger partial charge in [-0.15, -0.1) is 0 Å². The summed E-state index contributed by atoms with van der Waals surface area (Å²) in [7, 11) is 0. The molecule has 1 aromatic carbocycles. The fourth-order valence-electron chi connectivity index (χ4n) is 3.16. The lowest BCUT2D eigenvalue weighted by molar-refractivity contribution is 0.0846. The number of aromatic nitrogens is 1. The fourth-order valence-corrected chi connectivity index (χ4v) is 3.16. The number of Topliss-reactive ketones (excluding diaryl/α,β-unsaturated/α-hetero) is 1. The third kappa shape index (κ3) is 4.48. The van der Waals surface area contributed by atoms with E-state index in [0.29, 0.717) is 5.56 Å². The molecule has 0 aliphatic carbocycles. The van der Waals surface area contributed by atoms with Gasteiger partial charge < -0.3 is 4.90 Å². The number of ketones is 1. The van der Waals surface area contributed by atoms with Crippen LogP contribution in [0.3, 0.4) is 0 Å². The minimum absolute atomic E-state index is 0.0602. The number of benzene rings is 1. The van der Waals surface area contributed by atoms with Gasteiger partial charge in [0.1, 0.15) is 5.82 Å². The highest BCUT2D eigenvalue weighted by Crippen LogP contribution is 2.22. The van der Waals surface area contributed by atoms with E-state index in [0.717, 1.165) is 38.9 Å². The molecule has 3 nitrogen and oxygen atoms in total. The van der Waals surface area contributed by atoms with E-state index in [9.17, 15) is 9.18 Å². The minimum atomic E-state index is -0.300. The van der Waals surface area contributed by atoms with Crippen LogP contribution in [0.1, 0.15) is 28.8 Å². The van der Waals surface area contributed by atoms with Gasteiger partial charge in [-0.1, -0.05) is 6.07 Å². The molecular formula is C20H22FN2O. The van der Waals surface area contributed by atoms with E-state index in [1.165, 1.54) is 17.7 Å². The molecule has 0 bridgehead atoms.